The highest BCUT2D eigenvalue weighted by atomic mass is 35.5. The van der Waals surface area contributed by atoms with Crippen LogP contribution < -0.4 is 0 Å². The minimum atomic E-state index is -2.86. The largest absolute Gasteiger partial charge is 0.348 e. The minimum absolute atomic E-state index is 0.150. The number of halogens is 1. The number of carbonyl (C=O) groups excluding carboxylic acids is 1. The second-order valence-corrected chi connectivity index (χ2v) is 11.8. The Balaban J connectivity index is 1.32. The van der Waals surface area contributed by atoms with Gasteiger partial charge in [-0.15, -0.1) is 0 Å². The van der Waals surface area contributed by atoms with Crippen molar-refractivity contribution in [3.8, 4) is 0 Å². The first kappa shape index (κ1) is 23.5. The van der Waals surface area contributed by atoms with E-state index in [1.165, 1.54) is 5.56 Å². The maximum absolute atomic E-state index is 13.1. The van der Waals surface area contributed by atoms with Crippen LogP contribution in [0.1, 0.15) is 33.7 Å². The van der Waals surface area contributed by atoms with Gasteiger partial charge in [-0.3, -0.25) is 14.6 Å². The topological polar surface area (TPSA) is 62.6 Å². The summed E-state index contributed by atoms with van der Waals surface area (Å²) in [6.45, 7) is 8.59. The maximum atomic E-state index is 13.1. The van der Waals surface area contributed by atoms with Gasteiger partial charge in [0.25, 0.3) is 0 Å². The van der Waals surface area contributed by atoms with Gasteiger partial charge in [0.2, 0.25) is 0 Å². The van der Waals surface area contributed by atoms with E-state index in [1.807, 2.05) is 37.3 Å². The molecule has 0 bridgehead atoms. The van der Waals surface area contributed by atoms with Crippen LogP contribution in [0.15, 0.2) is 30.3 Å². The third kappa shape index (κ3) is 5.45. The van der Waals surface area contributed by atoms with Gasteiger partial charge in [-0.25, -0.2) is 8.42 Å². The van der Waals surface area contributed by atoms with Crippen LogP contribution in [-0.2, 0) is 22.8 Å². The second kappa shape index (κ2) is 9.67. The van der Waals surface area contributed by atoms with Crippen LogP contribution in [0.2, 0.25) is 5.02 Å². The number of Topliss-reactive ketones (excluding diaryl/α,β-unsaturated/α-hetero) is 1. The van der Waals surface area contributed by atoms with Crippen molar-refractivity contribution in [1.29, 1.82) is 0 Å². The quantitative estimate of drug-likeness (QED) is 0.574. The summed E-state index contributed by atoms with van der Waals surface area (Å²) < 4.78 is 25.7. The zero-order chi connectivity index (χ0) is 22.9. The van der Waals surface area contributed by atoms with Crippen LogP contribution in [0.4, 0.5) is 0 Å². The Morgan fingerprint density at radius 2 is 1.78 bits per heavy atom. The highest BCUT2D eigenvalue weighted by molar-refractivity contribution is 7.91. The Morgan fingerprint density at radius 1 is 1.09 bits per heavy atom. The van der Waals surface area contributed by atoms with Crippen molar-refractivity contribution in [3.05, 3.63) is 57.9 Å². The summed E-state index contributed by atoms with van der Waals surface area (Å²) in [5.41, 5.74) is 4.16. The van der Waals surface area contributed by atoms with E-state index >= 15 is 0 Å². The average molecular weight is 478 g/mol. The average Bonchev–Trinajstić information content (AvgIpc) is 3.26. The monoisotopic (exact) mass is 477 g/mol. The van der Waals surface area contributed by atoms with Crippen LogP contribution in [0.25, 0.3) is 0 Å². The zero-order valence-electron chi connectivity index (χ0n) is 18.9. The number of benzene rings is 1. The molecule has 0 spiro atoms. The van der Waals surface area contributed by atoms with E-state index in [0.717, 1.165) is 67.5 Å². The van der Waals surface area contributed by atoms with Crippen LogP contribution >= 0.6 is 11.6 Å². The molecule has 6 nitrogen and oxygen atoms in total. The lowest BCUT2D eigenvalue weighted by Crippen LogP contribution is -2.51. The first-order chi connectivity index (χ1) is 15.2. The number of aryl methyl sites for hydroxylation is 2. The molecule has 2 aliphatic rings. The molecule has 3 heterocycles. The van der Waals surface area contributed by atoms with Crippen molar-refractivity contribution in [2.45, 2.75) is 39.3 Å². The molecule has 0 N–H and O–H groups in total. The van der Waals surface area contributed by atoms with Gasteiger partial charge in [0.15, 0.2) is 15.6 Å². The first-order valence-corrected chi connectivity index (χ1v) is 13.5. The van der Waals surface area contributed by atoms with Crippen LogP contribution in [0.3, 0.4) is 0 Å². The number of hydrogen-bond acceptors (Lipinski definition) is 5. The predicted molar refractivity (Wildman–Crippen MR) is 128 cm³/mol. The maximum Gasteiger partial charge on any atom is 0.178 e. The lowest BCUT2D eigenvalue weighted by molar-refractivity contribution is 0.0795. The van der Waals surface area contributed by atoms with Gasteiger partial charge in [0.1, 0.15) is 0 Å². The number of ketones is 1. The molecule has 1 aromatic carbocycles. The standard InChI is InChI=1S/C24H32ClN3O3S/c1-18-15-23(19(2)28(18)9-7-20-3-5-21(25)6-4-20)24(29)16-26-10-12-27(13-11-26)22-8-14-32(30,31)17-22/h3-6,15,22H,7-14,16-17H2,1-2H3/t22-/m0/s1. The number of rotatable bonds is 7. The predicted octanol–water partition coefficient (Wildman–Crippen LogP) is 2.99. The highest BCUT2D eigenvalue weighted by Gasteiger charge is 2.34. The van der Waals surface area contributed by atoms with Gasteiger partial charge < -0.3 is 4.57 Å². The van der Waals surface area contributed by atoms with Crippen LogP contribution in [-0.4, -0.2) is 78.8 Å². The summed E-state index contributed by atoms with van der Waals surface area (Å²) in [6, 6.07) is 10.1. The number of nitrogens with zero attached hydrogens (tertiary/aromatic N) is 3. The van der Waals surface area contributed by atoms with Crippen molar-refractivity contribution in [1.82, 2.24) is 14.4 Å². The molecule has 32 heavy (non-hydrogen) atoms. The molecule has 0 amide bonds. The summed E-state index contributed by atoms with van der Waals surface area (Å²) in [4.78, 5) is 17.6. The zero-order valence-corrected chi connectivity index (χ0v) is 20.5. The van der Waals surface area contributed by atoms with Crippen molar-refractivity contribution < 1.29 is 13.2 Å². The highest BCUT2D eigenvalue weighted by Crippen LogP contribution is 2.21. The van der Waals surface area contributed by atoms with E-state index in [2.05, 4.69) is 21.3 Å². The van der Waals surface area contributed by atoms with Crippen molar-refractivity contribution in [3.63, 3.8) is 0 Å². The minimum Gasteiger partial charge on any atom is -0.348 e. The normalized spacial score (nSPS) is 21.8. The molecular weight excluding hydrogens is 446 g/mol. The van der Waals surface area contributed by atoms with E-state index in [0.29, 0.717) is 12.3 Å². The molecule has 2 aliphatic heterocycles. The molecular formula is C24H32ClN3O3S. The molecule has 1 atom stereocenters. The van der Waals surface area contributed by atoms with Gasteiger partial charge in [0.05, 0.1) is 18.1 Å². The Bertz CT molecular complexity index is 1070. The fraction of sp³-hybridized carbons (Fsp3) is 0.542. The van der Waals surface area contributed by atoms with Crippen molar-refractivity contribution in [2.24, 2.45) is 0 Å². The molecule has 0 aliphatic carbocycles. The number of hydrogen-bond donors (Lipinski definition) is 0. The van der Waals surface area contributed by atoms with Gasteiger partial charge >= 0.3 is 0 Å². The molecule has 2 fully saturated rings. The second-order valence-electron chi connectivity index (χ2n) is 9.11. The van der Waals surface area contributed by atoms with Gasteiger partial charge in [0, 0.05) is 60.7 Å². The number of carbonyl (C=O) groups is 1. The van der Waals surface area contributed by atoms with E-state index < -0.39 is 9.84 Å². The lowest BCUT2D eigenvalue weighted by Gasteiger charge is -2.37. The SMILES string of the molecule is Cc1cc(C(=O)CN2CCN([C@H]3CCS(=O)(=O)C3)CC2)c(C)n1CCc1ccc(Cl)cc1. The van der Waals surface area contributed by atoms with E-state index in [4.69, 9.17) is 11.6 Å². The van der Waals surface area contributed by atoms with E-state index in [1.54, 1.807) is 0 Å². The molecule has 2 aromatic rings. The summed E-state index contributed by atoms with van der Waals surface area (Å²) in [7, 11) is -2.86. The smallest absolute Gasteiger partial charge is 0.178 e. The number of aromatic nitrogens is 1. The third-order valence-corrected chi connectivity index (χ3v) is 8.91. The Kier molecular flexibility index (Phi) is 7.10. The number of piperazine rings is 1. The van der Waals surface area contributed by atoms with E-state index in [-0.39, 0.29) is 17.6 Å². The first-order valence-electron chi connectivity index (χ1n) is 11.3. The lowest BCUT2D eigenvalue weighted by atomic mass is 10.1. The molecule has 8 heteroatoms. The Morgan fingerprint density at radius 3 is 2.41 bits per heavy atom. The van der Waals surface area contributed by atoms with Crippen molar-refractivity contribution in [2.75, 3.05) is 44.2 Å². The van der Waals surface area contributed by atoms with E-state index in [9.17, 15) is 13.2 Å². The Labute approximate surface area is 196 Å². The summed E-state index contributed by atoms with van der Waals surface area (Å²) >= 11 is 5.98. The molecule has 2 saturated heterocycles. The molecule has 0 saturated carbocycles. The van der Waals surface area contributed by atoms with Gasteiger partial charge in [-0.1, -0.05) is 23.7 Å². The fourth-order valence-corrected chi connectivity index (χ4v) is 6.85. The summed E-state index contributed by atoms with van der Waals surface area (Å²) in [5, 5.41) is 0.740. The third-order valence-electron chi connectivity index (χ3n) is 6.91. The van der Waals surface area contributed by atoms with Crippen molar-refractivity contribution >= 4 is 27.2 Å². The Hall–Kier alpha value is -1.67. The van der Waals surface area contributed by atoms with Gasteiger partial charge in [-0.05, 0) is 50.5 Å². The fourth-order valence-electron chi connectivity index (χ4n) is 4.96. The molecule has 4 rings (SSSR count). The number of sulfone groups is 1. The summed E-state index contributed by atoms with van der Waals surface area (Å²) in [5.74, 6) is 0.755. The molecule has 174 valence electrons. The molecule has 0 unspecified atom stereocenters. The van der Waals surface area contributed by atoms with Gasteiger partial charge in [-0.2, -0.15) is 0 Å². The van der Waals surface area contributed by atoms with Crippen LogP contribution in [0.5, 0.6) is 0 Å². The van der Waals surface area contributed by atoms with Crippen LogP contribution in [0, 0.1) is 13.8 Å². The molecule has 1 aromatic heterocycles. The summed E-state index contributed by atoms with van der Waals surface area (Å²) in [6.07, 6.45) is 1.63. The molecule has 0 radical (unpaired) electrons.